The Kier molecular flexibility index (Phi) is 3.52. The highest BCUT2D eigenvalue weighted by Crippen LogP contribution is 2.31. The molecule has 0 unspecified atom stereocenters. The number of carboxylic acid groups (broad SMARTS) is 1. The smallest absolute Gasteiger partial charge is 0.339 e. The highest BCUT2D eigenvalue weighted by molar-refractivity contribution is 7.51. The molecule has 0 saturated carbocycles. The standard InChI is InChI=1S/C3H8NO5P/c5-3(6)1-4-2-10(7,8)9/h4H,1-2H2,(H,5,6)(H2,7,8,9)/i3+1. The van der Waals surface area contributed by atoms with E-state index in [2.05, 4.69) is 5.32 Å². The van der Waals surface area contributed by atoms with Crippen molar-refractivity contribution in [2.24, 2.45) is 0 Å². The predicted molar refractivity (Wildman–Crippen MR) is 32.5 cm³/mol. The molecule has 4 N–H and O–H groups in total. The van der Waals surface area contributed by atoms with Gasteiger partial charge in [-0.15, -0.1) is 0 Å². The van der Waals surface area contributed by atoms with Gasteiger partial charge in [-0.05, 0) is 0 Å². The van der Waals surface area contributed by atoms with Crippen molar-refractivity contribution in [1.29, 1.82) is 0 Å². The quantitative estimate of drug-likeness (QED) is 0.311. The number of carbonyl (C=O) groups is 1. The highest BCUT2D eigenvalue weighted by Gasteiger charge is 2.11. The SMILES string of the molecule is O=[13C](O)CNCP(=O)(O)O. The van der Waals surface area contributed by atoms with Gasteiger partial charge in [-0.3, -0.25) is 14.7 Å². The summed E-state index contributed by atoms with van der Waals surface area (Å²) in [6.07, 6.45) is -0.598. The maximum absolute atomic E-state index is 10.1. The summed E-state index contributed by atoms with van der Waals surface area (Å²) in [7, 11) is -4.10. The van der Waals surface area contributed by atoms with Gasteiger partial charge in [-0.25, -0.2) is 0 Å². The first-order valence-corrected chi connectivity index (χ1v) is 4.18. The van der Waals surface area contributed by atoms with Gasteiger partial charge < -0.3 is 14.9 Å². The molecule has 0 heterocycles. The van der Waals surface area contributed by atoms with Crippen LogP contribution >= 0.6 is 7.60 Å². The van der Waals surface area contributed by atoms with Crippen molar-refractivity contribution < 1.29 is 24.3 Å². The first-order valence-electron chi connectivity index (χ1n) is 2.39. The van der Waals surface area contributed by atoms with Crippen molar-refractivity contribution in [3.63, 3.8) is 0 Å². The predicted octanol–water partition coefficient (Wildman–Crippen LogP) is -1.20. The van der Waals surface area contributed by atoms with Crippen LogP contribution in [0.4, 0.5) is 0 Å². The summed E-state index contributed by atoms with van der Waals surface area (Å²) >= 11 is 0. The van der Waals surface area contributed by atoms with Gasteiger partial charge in [0.2, 0.25) is 0 Å². The van der Waals surface area contributed by atoms with Crippen LogP contribution in [-0.2, 0) is 9.36 Å². The summed E-state index contributed by atoms with van der Waals surface area (Å²) in [5.74, 6) is -1.14. The maximum atomic E-state index is 10.1. The van der Waals surface area contributed by atoms with Gasteiger partial charge >= 0.3 is 13.6 Å². The number of rotatable bonds is 4. The molecule has 0 radical (unpaired) electrons. The van der Waals surface area contributed by atoms with Crippen LogP contribution in [0.5, 0.6) is 0 Å². The lowest BCUT2D eigenvalue weighted by molar-refractivity contribution is -0.135. The molecule has 0 spiro atoms. The van der Waals surface area contributed by atoms with E-state index in [0.29, 0.717) is 0 Å². The summed E-state index contributed by atoms with van der Waals surface area (Å²) in [6.45, 7) is -0.439. The first kappa shape index (κ1) is 9.58. The molecule has 0 amide bonds. The van der Waals surface area contributed by atoms with Crippen LogP contribution in [0.1, 0.15) is 0 Å². The van der Waals surface area contributed by atoms with E-state index in [1.54, 1.807) is 0 Å². The fraction of sp³-hybridized carbons (Fsp3) is 0.667. The number of hydrogen-bond acceptors (Lipinski definition) is 3. The molecule has 0 aliphatic carbocycles. The third-order valence-electron chi connectivity index (χ3n) is 0.594. The van der Waals surface area contributed by atoms with E-state index >= 15 is 0 Å². The zero-order valence-electron chi connectivity index (χ0n) is 5.02. The Morgan fingerprint density at radius 1 is 1.50 bits per heavy atom. The summed E-state index contributed by atoms with van der Waals surface area (Å²) < 4.78 is 10.1. The van der Waals surface area contributed by atoms with Crippen molar-refractivity contribution in [3.05, 3.63) is 0 Å². The van der Waals surface area contributed by atoms with E-state index in [0.717, 1.165) is 0 Å². The molecule has 0 rings (SSSR count). The molecule has 0 aromatic carbocycles. The van der Waals surface area contributed by atoms with Gasteiger partial charge in [0, 0.05) is 0 Å². The molecule has 7 heteroatoms. The zero-order chi connectivity index (χ0) is 8.20. The van der Waals surface area contributed by atoms with E-state index in [1.807, 2.05) is 0 Å². The summed E-state index contributed by atoms with van der Waals surface area (Å²) in [6, 6.07) is 0. The molecule has 0 atom stereocenters. The molecule has 0 aliphatic rings. The molecule has 10 heavy (non-hydrogen) atoms. The van der Waals surface area contributed by atoms with Gasteiger partial charge in [-0.2, -0.15) is 0 Å². The van der Waals surface area contributed by atoms with Gasteiger partial charge in [0.15, 0.2) is 0 Å². The van der Waals surface area contributed by atoms with Crippen molar-refractivity contribution in [2.75, 3.05) is 12.8 Å². The molecule has 0 aromatic rings. The molecule has 0 aromatic heterocycles. The lowest BCUT2D eigenvalue weighted by Gasteiger charge is -2.02. The number of hydrogen-bond donors (Lipinski definition) is 4. The average Bonchev–Trinajstić information content (AvgIpc) is 1.59. The molecule has 0 fully saturated rings. The van der Waals surface area contributed by atoms with Gasteiger partial charge in [-0.1, -0.05) is 0 Å². The Morgan fingerprint density at radius 3 is 2.30 bits per heavy atom. The fourth-order valence-electron chi connectivity index (χ4n) is 0.308. The van der Waals surface area contributed by atoms with Crippen LogP contribution in [0.2, 0.25) is 0 Å². The van der Waals surface area contributed by atoms with Crippen molar-refractivity contribution in [1.82, 2.24) is 5.32 Å². The normalized spacial score (nSPS) is 11.4. The van der Waals surface area contributed by atoms with E-state index in [9.17, 15) is 9.36 Å². The molecule has 0 aliphatic heterocycles. The Hall–Kier alpha value is -0.420. The van der Waals surface area contributed by atoms with E-state index < -0.39 is 26.4 Å². The Labute approximate surface area is 57.0 Å². The van der Waals surface area contributed by atoms with Crippen LogP contribution in [0.3, 0.4) is 0 Å². The number of aliphatic carboxylic acids is 1. The molecule has 6 nitrogen and oxygen atoms in total. The van der Waals surface area contributed by atoms with Crippen LogP contribution in [-0.4, -0.2) is 33.7 Å². The van der Waals surface area contributed by atoms with Crippen LogP contribution in [0.15, 0.2) is 0 Å². The fourth-order valence-corrected chi connectivity index (χ4v) is 0.712. The molecule has 0 saturated heterocycles. The van der Waals surface area contributed by atoms with Crippen molar-refractivity contribution in [2.45, 2.75) is 0 Å². The van der Waals surface area contributed by atoms with Crippen LogP contribution in [0.25, 0.3) is 0 Å². The minimum Gasteiger partial charge on any atom is -0.480 e. The van der Waals surface area contributed by atoms with Crippen LogP contribution in [0, 0.1) is 0 Å². The van der Waals surface area contributed by atoms with Crippen LogP contribution < -0.4 is 5.32 Å². The third-order valence-corrected chi connectivity index (χ3v) is 1.23. The second-order valence-electron chi connectivity index (χ2n) is 1.64. The lowest BCUT2D eigenvalue weighted by Crippen LogP contribution is -2.23. The lowest BCUT2D eigenvalue weighted by atomic mass is 11.0. The second-order valence-corrected chi connectivity index (χ2v) is 3.29. The Balaban J connectivity index is 3.39. The second kappa shape index (κ2) is 3.68. The monoisotopic (exact) mass is 170 g/mol. The molecular weight excluding hydrogens is 162 g/mol. The van der Waals surface area contributed by atoms with E-state index in [-0.39, 0.29) is 0 Å². The maximum Gasteiger partial charge on any atom is 0.339 e. The largest absolute Gasteiger partial charge is 0.480 e. The van der Waals surface area contributed by atoms with Gasteiger partial charge in [0.25, 0.3) is 0 Å². The third kappa shape index (κ3) is 7.58. The van der Waals surface area contributed by atoms with Crippen molar-refractivity contribution >= 4 is 13.6 Å². The first-order chi connectivity index (χ1) is 4.42. The van der Waals surface area contributed by atoms with Gasteiger partial charge in [0.05, 0.1) is 12.8 Å². The Morgan fingerprint density at radius 2 is 2.00 bits per heavy atom. The minimum absolute atomic E-state index is 0.439. The molecule has 0 bridgehead atoms. The summed E-state index contributed by atoms with van der Waals surface area (Å²) in [5, 5.41) is 10.1. The topological polar surface area (TPSA) is 107 Å². The Bertz CT molecular complexity index is 162. The van der Waals surface area contributed by atoms with E-state index in [4.69, 9.17) is 14.9 Å². The van der Waals surface area contributed by atoms with Crippen molar-refractivity contribution in [3.8, 4) is 0 Å². The average molecular weight is 170 g/mol. The summed E-state index contributed by atoms with van der Waals surface area (Å²) in [4.78, 5) is 26.1. The van der Waals surface area contributed by atoms with Gasteiger partial charge in [0.1, 0.15) is 0 Å². The molecule has 60 valence electrons. The highest BCUT2D eigenvalue weighted by atomic mass is 31.2. The minimum atomic E-state index is -4.10. The molecular formula is C3H8NO5P. The number of carboxylic acids is 1. The van der Waals surface area contributed by atoms with E-state index in [1.165, 1.54) is 0 Å². The summed E-state index contributed by atoms with van der Waals surface area (Å²) in [5.41, 5.74) is 0. The zero-order valence-corrected chi connectivity index (χ0v) is 5.91. The number of nitrogens with one attached hydrogen (secondary N) is 1.